The average Bonchev–Trinajstić information content (AvgIpc) is 2.37. The lowest BCUT2D eigenvalue weighted by molar-refractivity contribution is -0.140. The Morgan fingerprint density at radius 1 is 1.42 bits per heavy atom. The van der Waals surface area contributed by atoms with Gasteiger partial charge in [-0.3, -0.25) is 4.79 Å². The van der Waals surface area contributed by atoms with E-state index in [2.05, 4.69) is 6.92 Å². The molecule has 2 unspecified atom stereocenters. The summed E-state index contributed by atoms with van der Waals surface area (Å²) < 4.78 is 13.3. The lowest BCUT2D eigenvalue weighted by atomic mass is 9.80. The van der Waals surface area contributed by atoms with E-state index in [1.54, 1.807) is 0 Å². The van der Waals surface area contributed by atoms with Crippen molar-refractivity contribution in [3.8, 4) is 0 Å². The molecule has 0 bridgehead atoms. The SMILES string of the molecule is CCCCC(CC)C(C(=O)O)c1cc(F)ccc1N. The van der Waals surface area contributed by atoms with Crippen LogP contribution in [-0.4, -0.2) is 11.1 Å². The highest BCUT2D eigenvalue weighted by atomic mass is 19.1. The summed E-state index contributed by atoms with van der Waals surface area (Å²) in [7, 11) is 0. The molecule has 2 atom stereocenters. The van der Waals surface area contributed by atoms with E-state index in [-0.39, 0.29) is 5.92 Å². The van der Waals surface area contributed by atoms with Gasteiger partial charge in [-0.2, -0.15) is 0 Å². The summed E-state index contributed by atoms with van der Waals surface area (Å²) >= 11 is 0. The molecule has 0 radical (unpaired) electrons. The monoisotopic (exact) mass is 267 g/mol. The minimum atomic E-state index is -0.930. The molecule has 0 aromatic heterocycles. The molecule has 0 fully saturated rings. The summed E-state index contributed by atoms with van der Waals surface area (Å²) in [6.07, 6.45) is 3.55. The van der Waals surface area contributed by atoms with Gasteiger partial charge in [0.1, 0.15) is 5.82 Å². The minimum Gasteiger partial charge on any atom is -0.481 e. The molecule has 0 saturated heterocycles. The van der Waals surface area contributed by atoms with E-state index in [4.69, 9.17) is 5.73 Å². The van der Waals surface area contributed by atoms with Crippen LogP contribution in [0.1, 0.15) is 51.0 Å². The fraction of sp³-hybridized carbons (Fsp3) is 0.533. The van der Waals surface area contributed by atoms with Crippen LogP contribution >= 0.6 is 0 Å². The Kier molecular flexibility index (Phi) is 5.80. The number of carboxylic acids is 1. The Balaban J connectivity index is 3.11. The van der Waals surface area contributed by atoms with Gasteiger partial charge in [-0.25, -0.2) is 4.39 Å². The highest BCUT2D eigenvalue weighted by Gasteiger charge is 2.30. The molecule has 3 nitrogen and oxygen atoms in total. The van der Waals surface area contributed by atoms with Crippen molar-refractivity contribution < 1.29 is 14.3 Å². The third-order valence-corrected chi connectivity index (χ3v) is 3.57. The molecule has 0 aliphatic carbocycles. The zero-order valence-corrected chi connectivity index (χ0v) is 11.5. The van der Waals surface area contributed by atoms with Gasteiger partial charge in [-0.1, -0.05) is 33.1 Å². The van der Waals surface area contributed by atoms with E-state index in [1.807, 2.05) is 6.92 Å². The molecule has 0 aliphatic heterocycles. The molecular weight excluding hydrogens is 245 g/mol. The predicted molar refractivity (Wildman–Crippen MR) is 74.5 cm³/mol. The topological polar surface area (TPSA) is 63.3 Å². The van der Waals surface area contributed by atoms with Crippen molar-refractivity contribution in [2.75, 3.05) is 5.73 Å². The second kappa shape index (κ2) is 7.12. The van der Waals surface area contributed by atoms with E-state index in [0.29, 0.717) is 11.3 Å². The van der Waals surface area contributed by atoms with Gasteiger partial charge in [-0.05, 0) is 36.1 Å². The Bertz CT molecular complexity index is 434. The van der Waals surface area contributed by atoms with Crippen molar-refractivity contribution in [3.63, 3.8) is 0 Å². The van der Waals surface area contributed by atoms with Crippen molar-refractivity contribution in [1.82, 2.24) is 0 Å². The van der Waals surface area contributed by atoms with Crippen molar-refractivity contribution in [2.24, 2.45) is 5.92 Å². The molecule has 1 aromatic rings. The molecule has 0 saturated carbocycles. The molecule has 0 heterocycles. The van der Waals surface area contributed by atoms with Crippen LogP contribution in [0.3, 0.4) is 0 Å². The van der Waals surface area contributed by atoms with Crippen LogP contribution < -0.4 is 5.73 Å². The number of anilines is 1. The second-order valence-electron chi connectivity index (χ2n) is 4.90. The number of halogens is 1. The van der Waals surface area contributed by atoms with Crippen LogP contribution in [0.5, 0.6) is 0 Å². The summed E-state index contributed by atoms with van der Waals surface area (Å²) in [5.41, 5.74) is 6.57. The quantitative estimate of drug-likeness (QED) is 0.739. The molecule has 0 amide bonds. The number of aliphatic carboxylic acids is 1. The molecule has 1 aromatic carbocycles. The molecule has 1 rings (SSSR count). The Labute approximate surface area is 113 Å². The molecule has 0 spiro atoms. The second-order valence-corrected chi connectivity index (χ2v) is 4.90. The number of carbonyl (C=O) groups is 1. The van der Waals surface area contributed by atoms with Crippen LogP contribution in [-0.2, 0) is 4.79 Å². The molecule has 19 heavy (non-hydrogen) atoms. The maximum Gasteiger partial charge on any atom is 0.311 e. The molecule has 106 valence electrons. The highest BCUT2D eigenvalue weighted by Crippen LogP contribution is 2.34. The lowest BCUT2D eigenvalue weighted by Gasteiger charge is -2.24. The van der Waals surface area contributed by atoms with Crippen molar-refractivity contribution >= 4 is 11.7 Å². The summed E-state index contributed by atoms with van der Waals surface area (Å²) in [6, 6.07) is 3.95. The van der Waals surface area contributed by atoms with E-state index in [1.165, 1.54) is 18.2 Å². The number of benzene rings is 1. The number of rotatable bonds is 7. The normalized spacial score (nSPS) is 14.1. The lowest BCUT2D eigenvalue weighted by Crippen LogP contribution is -2.22. The molecule has 4 heteroatoms. The number of nitrogen functional groups attached to an aromatic ring is 1. The average molecular weight is 267 g/mol. The minimum absolute atomic E-state index is 0.0125. The fourth-order valence-corrected chi connectivity index (χ4v) is 2.48. The Hall–Kier alpha value is -1.58. The van der Waals surface area contributed by atoms with Crippen LogP contribution in [0.25, 0.3) is 0 Å². The van der Waals surface area contributed by atoms with Crippen LogP contribution in [0.2, 0.25) is 0 Å². The summed E-state index contributed by atoms with van der Waals surface area (Å²) in [5.74, 6) is -2.12. The Morgan fingerprint density at radius 2 is 2.11 bits per heavy atom. The summed E-state index contributed by atoms with van der Waals surface area (Å²) in [6.45, 7) is 4.03. The predicted octanol–water partition coefficient (Wildman–Crippen LogP) is 3.79. The maximum atomic E-state index is 13.3. The van der Waals surface area contributed by atoms with E-state index in [9.17, 15) is 14.3 Å². The molecular formula is C15H22FNO2. The van der Waals surface area contributed by atoms with Gasteiger partial charge in [0.2, 0.25) is 0 Å². The largest absolute Gasteiger partial charge is 0.481 e. The summed E-state index contributed by atoms with van der Waals surface area (Å²) in [5, 5.41) is 9.46. The van der Waals surface area contributed by atoms with Crippen LogP contribution in [0.15, 0.2) is 18.2 Å². The molecule has 0 aliphatic rings. The number of hydrogen-bond donors (Lipinski definition) is 2. The zero-order chi connectivity index (χ0) is 14.4. The number of nitrogens with two attached hydrogens (primary N) is 1. The number of hydrogen-bond acceptors (Lipinski definition) is 2. The van der Waals surface area contributed by atoms with Gasteiger partial charge in [0, 0.05) is 5.69 Å². The van der Waals surface area contributed by atoms with Gasteiger partial charge >= 0.3 is 5.97 Å². The first-order valence-electron chi connectivity index (χ1n) is 6.78. The van der Waals surface area contributed by atoms with Gasteiger partial charge in [0.05, 0.1) is 5.92 Å². The first kappa shape index (κ1) is 15.5. The van der Waals surface area contributed by atoms with E-state index in [0.717, 1.165) is 25.7 Å². The van der Waals surface area contributed by atoms with Crippen molar-refractivity contribution in [3.05, 3.63) is 29.6 Å². The highest BCUT2D eigenvalue weighted by molar-refractivity contribution is 5.79. The van der Waals surface area contributed by atoms with E-state index < -0.39 is 17.7 Å². The first-order chi connectivity index (χ1) is 9.01. The van der Waals surface area contributed by atoms with Crippen LogP contribution in [0.4, 0.5) is 10.1 Å². The number of unbranched alkanes of at least 4 members (excludes halogenated alkanes) is 1. The smallest absolute Gasteiger partial charge is 0.311 e. The fourth-order valence-electron chi connectivity index (χ4n) is 2.48. The van der Waals surface area contributed by atoms with Gasteiger partial charge in [0.25, 0.3) is 0 Å². The number of carboxylic acid groups (broad SMARTS) is 1. The summed E-state index contributed by atoms with van der Waals surface area (Å²) in [4.78, 5) is 11.5. The first-order valence-corrected chi connectivity index (χ1v) is 6.78. The van der Waals surface area contributed by atoms with Crippen LogP contribution in [0, 0.1) is 11.7 Å². The van der Waals surface area contributed by atoms with Gasteiger partial charge in [0.15, 0.2) is 0 Å². The van der Waals surface area contributed by atoms with Gasteiger partial charge in [-0.15, -0.1) is 0 Å². The standard InChI is InChI=1S/C15H22FNO2/c1-3-5-6-10(4-2)14(15(18)19)12-9-11(16)7-8-13(12)17/h7-10,14H,3-6,17H2,1-2H3,(H,18,19). The third kappa shape index (κ3) is 3.94. The maximum absolute atomic E-state index is 13.3. The molecule has 3 N–H and O–H groups in total. The van der Waals surface area contributed by atoms with Crippen molar-refractivity contribution in [2.45, 2.75) is 45.4 Å². The van der Waals surface area contributed by atoms with Crippen molar-refractivity contribution in [1.29, 1.82) is 0 Å². The van der Waals surface area contributed by atoms with E-state index >= 15 is 0 Å². The zero-order valence-electron chi connectivity index (χ0n) is 11.5. The Morgan fingerprint density at radius 3 is 2.63 bits per heavy atom. The van der Waals surface area contributed by atoms with Gasteiger partial charge < -0.3 is 10.8 Å². The third-order valence-electron chi connectivity index (χ3n) is 3.57.